The lowest BCUT2D eigenvalue weighted by atomic mass is 9.87. The monoisotopic (exact) mass is 241 g/mol. The minimum atomic E-state index is 1.07. The van der Waals surface area contributed by atoms with Gasteiger partial charge in [0.05, 0.1) is 11.0 Å². The van der Waals surface area contributed by atoms with Crippen LogP contribution in [0, 0.1) is 0 Å². The van der Waals surface area contributed by atoms with Crippen LogP contribution in [0.25, 0.3) is 32.6 Å². The van der Waals surface area contributed by atoms with Crippen molar-refractivity contribution in [3.63, 3.8) is 0 Å². The van der Waals surface area contributed by atoms with E-state index in [1.165, 1.54) is 27.0 Å². The molecule has 88 valence electrons. The molecule has 1 nitrogen and oxygen atoms in total. The summed E-state index contributed by atoms with van der Waals surface area (Å²) >= 11 is 0. The molecule has 0 fully saturated rings. The maximum absolute atomic E-state index is 4.87. The molecule has 0 bridgehead atoms. The van der Waals surface area contributed by atoms with Crippen molar-refractivity contribution in [3.8, 4) is 0 Å². The Balaban J connectivity index is 2.32. The largest absolute Gasteiger partial charge is 0.247 e. The first-order valence-electron chi connectivity index (χ1n) is 6.51. The summed E-state index contributed by atoms with van der Waals surface area (Å²) in [5.41, 5.74) is 3.49. The van der Waals surface area contributed by atoms with E-state index in [2.05, 4.69) is 62.4 Å². The van der Waals surface area contributed by atoms with Gasteiger partial charge in [-0.2, -0.15) is 0 Å². The fraction of sp³-hybridized carbons (Fsp3) is 0. The fourth-order valence-corrected chi connectivity index (χ4v) is 2.83. The summed E-state index contributed by atoms with van der Waals surface area (Å²) in [4.78, 5) is 4.87. The van der Waals surface area contributed by atoms with Gasteiger partial charge in [0.25, 0.3) is 0 Å². The lowest BCUT2D eigenvalue weighted by Gasteiger charge is -2.09. The molecule has 0 radical (unpaired) electrons. The van der Waals surface area contributed by atoms with Gasteiger partial charge in [-0.1, -0.05) is 60.1 Å². The van der Waals surface area contributed by atoms with Gasteiger partial charge in [0.15, 0.2) is 0 Å². The molecule has 0 atom stereocenters. The summed E-state index contributed by atoms with van der Waals surface area (Å²) in [5, 5.41) is 4.97. The van der Waals surface area contributed by atoms with E-state index in [-0.39, 0.29) is 0 Å². The zero-order valence-electron chi connectivity index (χ0n) is 10.7. The molecule has 0 unspecified atom stereocenters. The third-order valence-electron chi connectivity index (χ3n) is 3.84. The van der Waals surface area contributed by atoms with Crippen LogP contribution in [0.15, 0.2) is 60.7 Å². The maximum atomic E-state index is 4.87. The molecule has 19 heavy (non-hydrogen) atoms. The Hall–Kier alpha value is -2.35. The van der Waals surface area contributed by atoms with Gasteiger partial charge < -0.3 is 0 Å². The Kier molecular flexibility index (Phi) is 2.13. The molecule has 0 spiro atoms. The molecule has 0 saturated heterocycles. The van der Waals surface area contributed by atoms with Crippen molar-refractivity contribution in [2.75, 3.05) is 0 Å². The second-order valence-electron chi connectivity index (χ2n) is 4.94. The van der Waals surface area contributed by atoms with E-state index < -0.39 is 0 Å². The maximum Gasteiger partial charge on any atom is 0.141 e. The molecule has 2 heteroatoms. The molecule has 0 amide bonds. The van der Waals surface area contributed by atoms with Crippen LogP contribution in [0.5, 0.6) is 0 Å². The number of pyridine rings is 1. The van der Waals surface area contributed by atoms with Gasteiger partial charge >= 0.3 is 0 Å². The van der Waals surface area contributed by atoms with Gasteiger partial charge in [0.2, 0.25) is 0 Å². The number of para-hydroxylation sites is 1. The Bertz CT molecular complexity index is 928. The van der Waals surface area contributed by atoms with Crippen LogP contribution >= 0.6 is 0 Å². The van der Waals surface area contributed by atoms with Crippen molar-refractivity contribution in [1.29, 1.82) is 0 Å². The highest BCUT2D eigenvalue weighted by Crippen LogP contribution is 2.24. The first-order chi connectivity index (χ1) is 9.34. The van der Waals surface area contributed by atoms with E-state index in [4.69, 9.17) is 4.98 Å². The summed E-state index contributed by atoms with van der Waals surface area (Å²) in [6.45, 7) is 0. The van der Waals surface area contributed by atoms with E-state index >= 15 is 0 Å². The Morgan fingerprint density at radius 1 is 0.684 bits per heavy atom. The lowest BCUT2D eigenvalue weighted by Crippen LogP contribution is -2.07. The average Bonchev–Trinajstić information content (AvgIpc) is 2.47. The molecule has 0 aliphatic heterocycles. The number of hydrogen-bond donors (Lipinski definition) is 0. The summed E-state index contributed by atoms with van der Waals surface area (Å²) in [6.07, 6.45) is 0. The van der Waals surface area contributed by atoms with Gasteiger partial charge in [-0.05, 0) is 22.2 Å². The smallest absolute Gasteiger partial charge is 0.141 e. The third kappa shape index (κ3) is 1.46. The number of aromatic nitrogens is 1. The van der Waals surface area contributed by atoms with Crippen molar-refractivity contribution in [1.82, 2.24) is 4.98 Å². The first-order valence-corrected chi connectivity index (χ1v) is 6.51. The molecular weight excluding hydrogens is 229 g/mol. The molecule has 3 aromatic carbocycles. The van der Waals surface area contributed by atoms with Crippen molar-refractivity contribution in [3.05, 3.63) is 60.7 Å². The van der Waals surface area contributed by atoms with Crippen LogP contribution in [-0.2, 0) is 0 Å². The molecule has 4 rings (SSSR count). The third-order valence-corrected chi connectivity index (χ3v) is 3.84. The van der Waals surface area contributed by atoms with Gasteiger partial charge in [0, 0.05) is 5.39 Å². The van der Waals surface area contributed by atoms with Gasteiger partial charge in [0.1, 0.15) is 7.85 Å². The van der Waals surface area contributed by atoms with Crippen molar-refractivity contribution >= 4 is 45.9 Å². The highest BCUT2D eigenvalue weighted by Gasteiger charge is 2.07. The topological polar surface area (TPSA) is 12.9 Å². The van der Waals surface area contributed by atoms with Crippen LogP contribution in [0.1, 0.15) is 0 Å². The van der Waals surface area contributed by atoms with Crippen LogP contribution in [0.3, 0.4) is 0 Å². The Labute approximate surface area is 112 Å². The predicted molar refractivity (Wildman–Crippen MR) is 84.9 cm³/mol. The van der Waals surface area contributed by atoms with Crippen molar-refractivity contribution in [2.45, 2.75) is 0 Å². The van der Waals surface area contributed by atoms with Crippen LogP contribution in [0.4, 0.5) is 0 Å². The predicted octanol–water partition coefficient (Wildman–Crippen LogP) is 2.80. The number of benzene rings is 3. The highest BCUT2D eigenvalue weighted by atomic mass is 14.7. The molecule has 1 heterocycles. The Morgan fingerprint density at radius 3 is 2.32 bits per heavy atom. The normalized spacial score (nSPS) is 11.4. The molecule has 0 aliphatic carbocycles. The van der Waals surface area contributed by atoms with Crippen molar-refractivity contribution < 1.29 is 0 Å². The van der Waals surface area contributed by atoms with E-state index in [0.717, 1.165) is 11.0 Å². The second kappa shape index (κ2) is 3.82. The number of nitrogens with zero attached hydrogens (tertiary/aromatic N) is 1. The highest BCUT2D eigenvalue weighted by molar-refractivity contribution is 6.45. The number of hydrogen-bond acceptors (Lipinski definition) is 1. The van der Waals surface area contributed by atoms with Crippen LogP contribution in [-0.4, -0.2) is 12.8 Å². The van der Waals surface area contributed by atoms with E-state index in [9.17, 15) is 0 Å². The second-order valence-corrected chi connectivity index (χ2v) is 4.94. The standard InChI is InChI=1S/C17H12BN/c18-16-13-7-3-4-8-15(13)19-17-12-6-2-1-5-11(12)9-10-14(16)17/h1-10H,18H2. The number of rotatable bonds is 0. The lowest BCUT2D eigenvalue weighted by molar-refractivity contribution is 1.52. The summed E-state index contributed by atoms with van der Waals surface area (Å²) < 4.78 is 0. The zero-order valence-corrected chi connectivity index (χ0v) is 10.7. The summed E-state index contributed by atoms with van der Waals surface area (Å²) in [6, 6.07) is 21.2. The average molecular weight is 241 g/mol. The fourth-order valence-electron chi connectivity index (χ4n) is 2.83. The van der Waals surface area contributed by atoms with E-state index in [1.54, 1.807) is 0 Å². The molecular formula is C17H12BN. The molecule has 0 aliphatic rings. The minimum absolute atomic E-state index is 1.07. The first kappa shape index (κ1) is 10.6. The summed E-state index contributed by atoms with van der Waals surface area (Å²) in [7, 11) is 2.18. The van der Waals surface area contributed by atoms with Gasteiger partial charge in [-0.15, -0.1) is 0 Å². The zero-order chi connectivity index (χ0) is 12.8. The van der Waals surface area contributed by atoms with E-state index in [0.29, 0.717) is 0 Å². The molecule has 4 aromatic rings. The van der Waals surface area contributed by atoms with Gasteiger partial charge in [-0.3, -0.25) is 0 Å². The van der Waals surface area contributed by atoms with Crippen LogP contribution < -0.4 is 5.46 Å². The quantitative estimate of drug-likeness (QED) is 0.262. The Morgan fingerprint density at radius 2 is 1.42 bits per heavy atom. The molecule has 0 saturated carbocycles. The molecule has 1 aromatic heterocycles. The van der Waals surface area contributed by atoms with E-state index in [1.807, 2.05) is 6.07 Å². The number of fused-ring (bicyclic) bond motifs is 4. The SMILES string of the molecule is Bc1c2ccccc2nc2c1ccc1ccccc12. The summed E-state index contributed by atoms with van der Waals surface area (Å²) in [5.74, 6) is 0. The minimum Gasteiger partial charge on any atom is -0.247 e. The van der Waals surface area contributed by atoms with Gasteiger partial charge in [-0.25, -0.2) is 4.98 Å². The van der Waals surface area contributed by atoms with Crippen molar-refractivity contribution in [2.24, 2.45) is 0 Å². The van der Waals surface area contributed by atoms with Crippen LogP contribution in [0.2, 0.25) is 0 Å². The molecule has 0 N–H and O–H groups in total.